The van der Waals surface area contributed by atoms with Gasteiger partial charge >= 0.3 is 0 Å². The Morgan fingerprint density at radius 3 is 2.39 bits per heavy atom. The molecular formula is C17H29N5O. The van der Waals surface area contributed by atoms with Crippen molar-refractivity contribution in [2.24, 2.45) is 0 Å². The van der Waals surface area contributed by atoms with Crippen molar-refractivity contribution in [2.75, 3.05) is 26.7 Å². The van der Waals surface area contributed by atoms with Crippen LogP contribution in [0.4, 0.5) is 0 Å². The van der Waals surface area contributed by atoms with Crippen molar-refractivity contribution in [2.45, 2.75) is 63.8 Å². The molecule has 2 fully saturated rings. The highest BCUT2D eigenvalue weighted by Gasteiger charge is 2.40. The molecule has 6 heteroatoms. The zero-order valence-electron chi connectivity index (χ0n) is 14.5. The second kappa shape index (κ2) is 6.99. The van der Waals surface area contributed by atoms with Crippen LogP contribution in [0.3, 0.4) is 0 Å². The summed E-state index contributed by atoms with van der Waals surface area (Å²) < 4.78 is 0. The first-order valence-electron chi connectivity index (χ1n) is 9.00. The van der Waals surface area contributed by atoms with E-state index in [1.165, 1.54) is 64.5 Å². The summed E-state index contributed by atoms with van der Waals surface area (Å²) in [6.45, 7) is 5.00. The number of hydrogen-bond donors (Lipinski definition) is 1. The lowest BCUT2D eigenvalue weighted by Crippen LogP contribution is -2.58. The fourth-order valence-electron chi connectivity index (χ4n) is 4.33. The van der Waals surface area contributed by atoms with Crippen LogP contribution < -0.4 is 0 Å². The molecule has 2 heterocycles. The number of rotatable bonds is 4. The van der Waals surface area contributed by atoms with E-state index in [-0.39, 0.29) is 11.4 Å². The van der Waals surface area contributed by atoms with E-state index in [1.54, 1.807) is 0 Å². The van der Waals surface area contributed by atoms with Gasteiger partial charge in [0.15, 0.2) is 5.69 Å². The Labute approximate surface area is 138 Å². The number of likely N-dealkylation sites (tertiary alicyclic amines) is 1. The summed E-state index contributed by atoms with van der Waals surface area (Å²) in [7, 11) is 1.91. The third-order valence-corrected chi connectivity index (χ3v) is 5.61. The predicted octanol–water partition coefficient (Wildman–Crippen LogP) is 2.37. The molecule has 0 aromatic carbocycles. The molecule has 1 saturated carbocycles. The molecule has 0 atom stereocenters. The van der Waals surface area contributed by atoms with E-state index in [4.69, 9.17) is 0 Å². The molecule has 1 aliphatic carbocycles. The molecule has 1 aromatic heterocycles. The van der Waals surface area contributed by atoms with Crippen LogP contribution in [0.1, 0.15) is 67.5 Å². The van der Waals surface area contributed by atoms with Gasteiger partial charge in [0.2, 0.25) is 0 Å². The molecule has 0 radical (unpaired) electrons. The van der Waals surface area contributed by atoms with Gasteiger partial charge in [-0.15, -0.1) is 0 Å². The first-order chi connectivity index (χ1) is 11.1. The number of carbonyl (C=O) groups excluding carboxylic acids is 1. The van der Waals surface area contributed by atoms with Gasteiger partial charge in [0.25, 0.3) is 5.91 Å². The average Bonchev–Trinajstić information content (AvgIpc) is 3.02. The van der Waals surface area contributed by atoms with E-state index in [9.17, 15) is 4.79 Å². The van der Waals surface area contributed by atoms with Crippen LogP contribution in [-0.2, 0) is 0 Å². The number of nitrogens with zero attached hydrogens (tertiary/aromatic N) is 4. The zero-order valence-corrected chi connectivity index (χ0v) is 14.5. The summed E-state index contributed by atoms with van der Waals surface area (Å²) in [6, 6.07) is 0. The Hall–Kier alpha value is -1.43. The summed E-state index contributed by atoms with van der Waals surface area (Å²) in [5.74, 6) is -0.0155. The van der Waals surface area contributed by atoms with Gasteiger partial charge in [-0.3, -0.25) is 9.69 Å². The van der Waals surface area contributed by atoms with Gasteiger partial charge in [0, 0.05) is 19.1 Å². The number of nitrogens with one attached hydrogen (secondary N) is 1. The lowest BCUT2D eigenvalue weighted by Gasteiger charge is -2.49. The van der Waals surface area contributed by atoms with E-state index in [0.29, 0.717) is 11.4 Å². The van der Waals surface area contributed by atoms with Gasteiger partial charge in [0.1, 0.15) is 0 Å². The van der Waals surface area contributed by atoms with E-state index in [2.05, 4.69) is 20.3 Å². The summed E-state index contributed by atoms with van der Waals surface area (Å²) in [5, 5.41) is 10.6. The highest BCUT2D eigenvalue weighted by atomic mass is 16.2. The minimum Gasteiger partial charge on any atom is -0.338 e. The van der Waals surface area contributed by atoms with Gasteiger partial charge in [-0.05, 0) is 45.7 Å². The largest absolute Gasteiger partial charge is 0.338 e. The predicted molar refractivity (Wildman–Crippen MR) is 89.3 cm³/mol. The number of H-pyrrole nitrogens is 1. The number of carbonyl (C=O) groups is 1. The molecule has 128 valence electrons. The fourth-order valence-corrected chi connectivity index (χ4v) is 4.33. The van der Waals surface area contributed by atoms with Crippen LogP contribution in [-0.4, -0.2) is 63.3 Å². The smallest absolute Gasteiger partial charge is 0.276 e. The third kappa shape index (κ3) is 3.42. The normalized spacial score (nSPS) is 22.0. The summed E-state index contributed by atoms with van der Waals surface area (Å²) in [4.78, 5) is 17.3. The lowest BCUT2D eigenvalue weighted by atomic mass is 9.78. The maximum Gasteiger partial charge on any atom is 0.276 e. The van der Waals surface area contributed by atoms with Gasteiger partial charge in [-0.1, -0.05) is 25.7 Å². The molecule has 6 nitrogen and oxygen atoms in total. The fraction of sp³-hybridized carbons (Fsp3) is 0.824. The second-order valence-electron chi connectivity index (χ2n) is 7.25. The molecule has 2 aliphatic rings. The average molecular weight is 319 g/mol. The lowest BCUT2D eigenvalue weighted by molar-refractivity contribution is 0.00972. The van der Waals surface area contributed by atoms with E-state index in [0.717, 1.165) is 6.54 Å². The molecular weight excluding hydrogens is 290 g/mol. The van der Waals surface area contributed by atoms with E-state index in [1.807, 2.05) is 18.9 Å². The number of piperidine rings is 1. The Kier molecular flexibility index (Phi) is 4.99. The van der Waals surface area contributed by atoms with Crippen LogP contribution in [0.15, 0.2) is 0 Å². The van der Waals surface area contributed by atoms with Gasteiger partial charge in [-0.2, -0.15) is 15.4 Å². The van der Waals surface area contributed by atoms with Crippen LogP contribution in [0.2, 0.25) is 0 Å². The molecule has 3 rings (SSSR count). The maximum absolute atomic E-state index is 12.7. The van der Waals surface area contributed by atoms with Crippen molar-refractivity contribution < 1.29 is 4.79 Å². The number of aromatic amines is 1. The van der Waals surface area contributed by atoms with Crippen molar-refractivity contribution >= 4 is 5.91 Å². The molecule has 0 unspecified atom stereocenters. The first kappa shape index (κ1) is 16.4. The number of aromatic nitrogens is 3. The maximum atomic E-state index is 12.7. The van der Waals surface area contributed by atoms with E-state index < -0.39 is 0 Å². The Morgan fingerprint density at radius 1 is 1.13 bits per heavy atom. The number of aryl methyl sites for hydroxylation is 1. The third-order valence-electron chi connectivity index (χ3n) is 5.61. The Morgan fingerprint density at radius 2 is 1.78 bits per heavy atom. The van der Waals surface area contributed by atoms with Crippen molar-refractivity contribution in [1.82, 2.24) is 25.2 Å². The van der Waals surface area contributed by atoms with Crippen molar-refractivity contribution in [3.63, 3.8) is 0 Å². The van der Waals surface area contributed by atoms with Crippen molar-refractivity contribution in [3.8, 4) is 0 Å². The van der Waals surface area contributed by atoms with Crippen molar-refractivity contribution in [1.29, 1.82) is 0 Å². The number of amides is 1. The minimum absolute atomic E-state index is 0.0155. The quantitative estimate of drug-likeness (QED) is 0.925. The standard InChI is InChI=1S/C17H29N5O/c1-14-15(19-20-18-14)16(23)21(2)13-17(9-5-3-6-10-17)22-11-7-4-8-12-22/h3-13H2,1-2H3,(H,18,19,20). The van der Waals surface area contributed by atoms with Crippen LogP contribution >= 0.6 is 0 Å². The molecule has 0 bridgehead atoms. The number of likely N-dealkylation sites (N-methyl/N-ethyl adjacent to an activating group) is 1. The summed E-state index contributed by atoms with van der Waals surface area (Å²) in [5.41, 5.74) is 1.30. The monoisotopic (exact) mass is 319 g/mol. The molecule has 1 aromatic rings. The molecule has 1 N–H and O–H groups in total. The summed E-state index contributed by atoms with van der Waals surface area (Å²) >= 11 is 0. The molecule has 0 spiro atoms. The number of hydrogen-bond acceptors (Lipinski definition) is 4. The second-order valence-corrected chi connectivity index (χ2v) is 7.25. The highest BCUT2D eigenvalue weighted by Crippen LogP contribution is 2.36. The zero-order chi connectivity index (χ0) is 16.3. The van der Waals surface area contributed by atoms with Crippen LogP contribution in [0.25, 0.3) is 0 Å². The summed E-state index contributed by atoms with van der Waals surface area (Å²) in [6.07, 6.45) is 10.2. The van der Waals surface area contributed by atoms with Gasteiger partial charge in [-0.25, -0.2) is 0 Å². The molecule has 23 heavy (non-hydrogen) atoms. The molecule has 1 amide bonds. The van der Waals surface area contributed by atoms with Crippen molar-refractivity contribution in [3.05, 3.63) is 11.4 Å². The first-order valence-corrected chi connectivity index (χ1v) is 9.00. The molecule has 1 aliphatic heterocycles. The molecule has 1 saturated heterocycles. The van der Waals surface area contributed by atoms with Gasteiger partial charge < -0.3 is 4.90 Å². The Balaban J connectivity index is 1.75. The topological polar surface area (TPSA) is 65.1 Å². The van der Waals surface area contributed by atoms with Gasteiger partial charge in [0.05, 0.1) is 5.69 Å². The Bertz CT molecular complexity index is 529. The SMILES string of the molecule is Cc1n[nH]nc1C(=O)N(C)CC1(N2CCCCC2)CCCCC1. The minimum atomic E-state index is -0.0155. The van der Waals surface area contributed by atoms with E-state index >= 15 is 0 Å². The van der Waals surface area contributed by atoms with Crippen LogP contribution in [0.5, 0.6) is 0 Å². The van der Waals surface area contributed by atoms with Crippen LogP contribution in [0, 0.1) is 6.92 Å². The highest BCUT2D eigenvalue weighted by molar-refractivity contribution is 5.93.